The molecule has 2 aromatic carbocycles. The van der Waals surface area contributed by atoms with Gasteiger partial charge in [-0.1, -0.05) is 25.1 Å². The summed E-state index contributed by atoms with van der Waals surface area (Å²) in [7, 11) is 0. The van der Waals surface area contributed by atoms with Crippen molar-refractivity contribution in [2.45, 2.75) is 26.5 Å². The van der Waals surface area contributed by atoms with Crippen LogP contribution in [0.3, 0.4) is 0 Å². The van der Waals surface area contributed by atoms with Crippen molar-refractivity contribution in [3.63, 3.8) is 0 Å². The van der Waals surface area contributed by atoms with Gasteiger partial charge in [0, 0.05) is 6.54 Å². The molecule has 0 saturated heterocycles. The van der Waals surface area contributed by atoms with Gasteiger partial charge in [-0.15, -0.1) is 0 Å². The number of benzene rings is 2. The van der Waals surface area contributed by atoms with Gasteiger partial charge in [-0.05, 0) is 64.3 Å². The molecular formula is C17H19BrFNO. The van der Waals surface area contributed by atoms with E-state index < -0.39 is 0 Å². The third-order valence-corrected chi connectivity index (χ3v) is 3.68. The molecule has 0 aliphatic carbocycles. The number of ether oxygens (including phenoxy) is 1. The summed E-state index contributed by atoms with van der Waals surface area (Å²) in [6.07, 6.45) is 1.13. The van der Waals surface area contributed by atoms with Crippen molar-refractivity contribution in [3.05, 3.63) is 63.9 Å². The van der Waals surface area contributed by atoms with Gasteiger partial charge in [0.05, 0.1) is 4.47 Å². The Morgan fingerprint density at radius 2 is 1.81 bits per heavy atom. The van der Waals surface area contributed by atoms with Gasteiger partial charge >= 0.3 is 0 Å². The van der Waals surface area contributed by atoms with Crippen molar-refractivity contribution in [1.29, 1.82) is 0 Å². The second kappa shape index (κ2) is 8.15. The fourth-order valence-corrected chi connectivity index (χ4v) is 2.46. The highest BCUT2D eigenvalue weighted by Crippen LogP contribution is 2.26. The third-order valence-electron chi connectivity index (χ3n) is 3.06. The molecule has 4 heteroatoms. The fraction of sp³-hybridized carbons (Fsp3) is 0.294. The highest BCUT2D eigenvalue weighted by molar-refractivity contribution is 9.10. The summed E-state index contributed by atoms with van der Waals surface area (Å²) >= 11 is 3.53. The van der Waals surface area contributed by atoms with Crippen LogP contribution < -0.4 is 10.1 Å². The third kappa shape index (κ3) is 5.14. The zero-order chi connectivity index (χ0) is 15.1. The average molecular weight is 352 g/mol. The zero-order valence-corrected chi connectivity index (χ0v) is 13.6. The van der Waals surface area contributed by atoms with Crippen molar-refractivity contribution in [2.75, 3.05) is 6.54 Å². The maximum atomic E-state index is 12.8. The standard InChI is InChI=1S/C17H19BrFNO/c1-2-9-20-11-14-5-8-17(16(18)10-14)21-12-13-3-6-15(19)7-4-13/h3-8,10,20H,2,9,11-12H2,1H3. The highest BCUT2D eigenvalue weighted by Gasteiger charge is 2.03. The number of halogens is 2. The lowest BCUT2D eigenvalue weighted by atomic mass is 10.2. The summed E-state index contributed by atoms with van der Waals surface area (Å²) in [6.45, 7) is 4.44. The molecular weight excluding hydrogens is 333 g/mol. The van der Waals surface area contributed by atoms with E-state index in [1.165, 1.54) is 17.7 Å². The van der Waals surface area contributed by atoms with Crippen LogP contribution in [0.15, 0.2) is 46.9 Å². The predicted octanol–water partition coefficient (Wildman–Crippen LogP) is 4.67. The van der Waals surface area contributed by atoms with E-state index in [0.717, 1.165) is 35.3 Å². The van der Waals surface area contributed by atoms with Gasteiger partial charge in [0.2, 0.25) is 0 Å². The minimum absolute atomic E-state index is 0.233. The van der Waals surface area contributed by atoms with E-state index in [-0.39, 0.29) is 5.82 Å². The molecule has 0 radical (unpaired) electrons. The molecule has 0 aliphatic rings. The maximum absolute atomic E-state index is 12.8. The summed E-state index contributed by atoms with van der Waals surface area (Å²) in [5.41, 5.74) is 2.15. The van der Waals surface area contributed by atoms with Crippen LogP contribution in [0.5, 0.6) is 5.75 Å². The van der Waals surface area contributed by atoms with Crippen LogP contribution in [0.25, 0.3) is 0 Å². The number of rotatable bonds is 7. The molecule has 2 rings (SSSR count). The summed E-state index contributed by atoms with van der Waals surface area (Å²) in [5.74, 6) is 0.558. The van der Waals surface area contributed by atoms with Gasteiger partial charge in [0.15, 0.2) is 0 Å². The van der Waals surface area contributed by atoms with Gasteiger partial charge in [-0.2, -0.15) is 0 Å². The Labute approximate surface area is 133 Å². The van der Waals surface area contributed by atoms with Gasteiger partial charge in [-0.3, -0.25) is 0 Å². The first-order valence-corrected chi connectivity index (χ1v) is 7.84. The summed E-state index contributed by atoms with van der Waals surface area (Å²) in [6, 6.07) is 12.4. The SMILES string of the molecule is CCCNCc1ccc(OCc2ccc(F)cc2)c(Br)c1. The zero-order valence-electron chi connectivity index (χ0n) is 12.0. The molecule has 0 saturated carbocycles. The Kier molecular flexibility index (Phi) is 6.21. The van der Waals surface area contributed by atoms with E-state index in [9.17, 15) is 4.39 Å². The minimum atomic E-state index is -0.233. The first kappa shape index (κ1) is 16.0. The second-order valence-electron chi connectivity index (χ2n) is 4.86. The largest absolute Gasteiger partial charge is 0.488 e. The molecule has 0 aromatic heterocycles. The van der Waals surface area contributed by atoms with Crippen LogP contribution in [0.1, 0.15) is 24.5 Å². The minimum Gasteiger partial charge on any atom is -0.488 e. The Bertz CT molecular complexity index is 572. The lowest BCUT2D eigenvalue weighted by Gasteiger charge is -2.10. The van der Waals surface area contributed by atoms with Crippen molar-refractivity contribution in [1.82, 2.24) is 5.32 Å². The van der Waals surface area contributed by atoms with E-state index >= 15 is 0 Å². The van der Waals surface area contributed by atoms with Crippen molar-refractivity contribution in [3.8, 4) is 5.75 Å². The molecule has 0 atom stereocenters. The first-order chi connectivity index (χ1) is 10.2. The Balaban J connectivity index is 1.92. The normalized spacial score (nSPS) is 10.6. The van der Waals surface area contributed by atoms with Gasteiger partial charge in [0.25, 0.3) is 0 Å². The van der Waals surface area contributed by atoms with Gasteiger partial charge in [0.1, 0.15) is 18.2 Å². The number of hydrogen-bond donors (Lipinski definition) is 1. The van der Waals surface area contributed by atoms with Crippen LogP contribution in [0.2, 0.25) is 0 Å². The molecule has 0 fully saturated rings. The summed E-state index contributed by atoms with van der Waals surface area (Å²) < 4.78 is 19.5. The van der Waals surface area contributed by atoms with Crippen LogP contribution in [0.4, 0.5) is 4.39 Å². The lowest BCUT2D eigenvalue weighted by molar-refractivity contribution is 0.304. The Morgan fingerprint density at radius 3 is 2.48 bits per heavy atom. The van der Waals surface area contributed by atoms with E-state index in [4.69, 9.17) is 4.74 Å². The van der Waals surface area contributed by atoms with Crippen molar-refractivity contribution < 1.29 is 9.13 Å². The van der Waals surface area contributed by atoms with Gasteiger partial charge in [-0.25, -0.2) is 4.39 Å². The number of nitrogens with one attached hydrogen (secondary N) is 1. The van der Waals surface area contributed by atoms with E-state index in [1.807, 2.05) is 12.1 Å². The van der Waals surface area contributed by atoms with Crippen LogP contribution in [-0.4, -0.2) is 6.54 Å². The molecule has 0 aliphatic heterocycles. The number of hydrogen-bond acceptors (Lipinski definition) is 2. The van der Waals surface area contributed by atoms with Crippen molar-refractivity contribution in [2.24, 2.45) is 0 Å². The maximum Gasteiger partial charge on any atom is 0.134 e. The molecule has 0 amide bonds. The quantitative estimate of drug-likeness (QED) is 0.732. The Morgan fingerprint density at radius 1 is 1.10 bits per heavy atom. The van der Waals surface area contributed by atoms with E-state index in [0.29, 0.717) is 6.61 Å². The molecule has 2 nitrogen and oxygen atoms in total. The lowest BCUT2D eigenvalue weighted by Crippen LogP contribution is -2.13. The molecule has 0 spiro atoms. The smallest absolute Gasteiger partial charge is 0.134 e. The second-order valence-corrected chi connectivity index (χ2v) is 5.71. The van der Waals surface area contributed by atoms with E-state index in [2.05, 4.69) is 34.2 Å². The fourth-order valence-electron chi connectivity index (χ4n) is 1.92. The summed E-state index contributed by atoms with van der Waals surface area (Å²) in [4.78, 5) is 0. The molecule has 21 heavy (non-hydrogen) atoms. The topological polar surface area (TPSA) is 21.3 Å². The average Bonchev–Trinajstić information content (AvgIpc) is 2.48. The predicted molar refractivity (Wildman–Crippen MR) is 86.9 cm³/mol. The molecule has 1 N–H and O–H groups in total. The van der Waals surface area contributed by atoms with E-state index in [1.54, 1.807) is 12.1 Å². The molecule has 2 aromatic rings. The molecule has 0 bridgehead atoms. The van der Waals surface area contributed by atoms with Crippen LogP contribution in [0, 0.1) is 5.82 Å². The first-order valence-electron chi connectivity index (χ1n) is 7.05. The molecule has 0 heterocycles. The molecule has 0 unspecified atom stereocenters. The van der Waals surface area contributed by atoms with Crippen LogP contribution in [-0.2, 0) is 13.2 Å². The van der Waals surface area contributed by atoms with Gasteiger partial charge < -0.3 is 10.1 Å². The highest BCUT2D eigenvalue weighted by atomic mass is 79.9. The Hall–Kier alpha value is -1.39. The molecule has 112 valence electrons. The monoisotopic (exact) mass is 351 g/mol. The van der Waals surface area contributed by atoms with Crippen LogP contribution >= 0.6 is 15.9 Å². The van der Waals surface area contributed by atoms with Crippen molar-refractivity contribution >= 4 is 15.9 Å². The summed E-state index contributed by atoms with van der Waals surface area (Å²) in [5, 5.41) is 3.36.